The van der Waals surface area contributed by atoms with Gasteiger partial charge in [0.25, 0.3) is 0 Å². The van der Waals surface area contributed by atoms with Crippen LogP contribution in [0.1, 0.15) is 6.42 Å². The Balaban J connectivity index is 2.25. The molecule has 98 valence electrons. The highest BCUT2D eigenvalue weighted by Gasteiger charge is 2.26. The third-order valence-electron chi connectivity index (χ3n) is 2.79. The molecule has 0 radical (unpaired) electrons. The maximum Gasteiger partial charge on any atom is 0.243 e. The van der Waals surface area contributed by atoms with Crippen LogP contribution in [0.5, 0.6) is 0 Å². The number of benzene rings is 1. The van der Waals surface area contributed by atoms with Crippen LogP contribution in [0, 0.1) is 0 Å². The molecule has 0 spiro atoms. The number of nitrogens with one attached hydrogen (secondary N) is 1. The van der Waals surface area contributed by atoms with Crippen LogP contribution in [0.3, 0.4) is 0 Å². The van der Waals surface area contributed by atoms with Crippen LogP contribution in [0.4, 0.5) is 5.69 Å². The molecule has 0 aromatic heterocycles. The number of sulfonamides is 1. The van der Waals surface area contributed by atoms with Gasteiger partial charge in [0.1, 0.15) is 0 Å². The van der Waals surface area contributed by atoms with Gasteiger partial charge in [-0.1, -0.05) is 0 Å². The highest BCUT2D eigenvalue weighted by molar-refractivity contribution is 7.89. The summed E-state index contributed by atoms with van der Waals surface area (Å²) in [5.74, 6) is -0.120. The fourth-order valence-electron chi connectivity index (χ4n) is 1.78. The Morgan fingerprint density at radius 2 is 1.83 bits per heavy atom. The van der Waals surface area contributed by atoms with E-state index in [1.165, 1.54) is 16.4 Å². The molecule has 1 aromatic carbocycles. The average molecular weight is 269 g/mol. The summed E-state index contributed by atoms with van der Waals surface area (Å²) in [4.78, 5) is 11.4. The highest BCUT2D eigenvalue weighted by atomic mass is 32.2. The predicted molar refractivity (Wildman–Crippen MR) is 67.2 cm³/mol. The minimum absolute atomic E-state index is 0.120. The van der Waals surface area contributed by atoms with Gasteiger partial charge in [-0.3, -0.25) is 4.79 Å². The van der Waals surface area contributed by atoms with Gasteiger partial charge < -0.3 is 11.1 Å². The number of nitrogens with zero attached hydrogens (tertiary/aromatic N) is 1. The monoisotopic (exact) mass is 269 g/mol. The summed E-state index contributed by atoms with van der Waals surface area (Å²) in [7, 11) is -3.54. The number of hydrogen-bond acceptors (Lipinski definition) is 4. The summed E-state index contributed by atoms with van der Waals surface area (Å²) < 4.78 is 25.9. The zero-order valence-corrected chi connectivity index (χ0v) is 10.6. The summed E-state index contributed by atoms with van der Waals surface area (Å²) >= 11 is 0. The molecule has 3 N–H and O–H groups in total. The van der Waals surface area contributed by atoms with Crippen LogP contribution in [0.25, 0.3) is 0 Å². The maximum absolute atomic E-state index is 12.3. The topological polar surface area (TPSA) is 92.5 Å². The van der Waals surface area contributed by atoms with Gasteiger partial charge in [0.05, 0.1) is 4.90 Å². The number of rotatable bonds is 2. The summed E-state index contributed by atoms with van der Waals surface area (Å²) in [6.45, 7) is 0.837. The smallest absolute Gasteiger partial charge is 0.243 e. The second kappa shape index (κ2) is 4.95. The Bertz CT molecular complexity index is 539. The average Bonchev–Trinajstić information content (AvgIpc) is 2.55. The summed E-state index contributed by atoms with van der Waals surface area (Å²) in [5.41, 5.74) is 6.04. The lowest BCUT2D eigenvalue weighted by molar-refractivity contribution is -0.120. The number of carbonyl (C=O) groups is 1. The summed E-state index contributed by atoms with van der Waals surface area (Å²) in [5, 5.41) is 2.64. The van der Waals surface area contributed by atoms with Crippen molar-refractivity contribution in [3.05, 3.63) is 24.3 Å². The summed E-state index contributed by atoms with van der Waals surface area (Å²) in [6, 6.07) is 6.05. The van der Waals surface area contributed by atoms with E-state index in [1.807, 2.05) is 0 Å². The van der Waals surface area contributed by atoms with E-state index in [-0.39, 0.29) is 23.8 Å². The number of nitrogens with two attached hydrogens (primary N) is 1. The first kappa shape index (κ1) is 12.8. The van der Waals surface area contributed by atoms with Gasteiger partial charge in [0.2, 0.25) is 15.9 Å². The maximum atomic E-state index is 12.3. The van der Waals surface area contributed by atoms with Crippen molar-refractivity contribution in [1.82, 2.24) is 9.62 Å². The number of carbonyl (C=O) groups excluding carboxylic acids is 1. The first-order valence-corrected chi connectivity index (χ1v) is 7.06. The lowest BCUT2D eigenvalue weighted by Crippen LogP contribution is -2.34. The molecule has 0 saturated carbocycles. The van der Waals surface area contributed by atoms with E-state index in [4.69, 9.17) is 5.73 Å². The molecule has 1 heterocycles. The zero-order valence-electron chi connectivity index (χ0n) is 9.80. The van der Waals surface area contributed by atoms with Crippen LogP contribution in [-0.4, -0.2) is 38.3 Å². The van der Waals surface area contributed by atoms with E-state index in [2.05, 4.69) is 5.32 Å². The van der Waals surface area contributed by atoms with E-state index in [0.29, 0.717) is 18.8 Å². The first-order chi connectivity index (χ1) is 8.50. The van der Waals surface area contributed by atoms with Crippen LogP contribution < -0.4 is 11.1 Å². The lowest BCUT2D eigenvalue weighted by atomic mass is 10.3. The molecule has 1 aliphatic heterocycles. The van der Waals surface area contributed by atoms with E-state index < -0.39 is 10.0 Å². The van der Waals surface area contributed by atoms with Gasteiger partial charge in [-0.2, -0.15) is 4.31 Å². The fraction of sp³-hybridized carbons (Fsp3) is 0.364. The minimum Gasteiger partial charge on any atom is -0.399 e. The molecule has 1 fully saturated rings. The molecule has 1 aliphatic rings. The molecule has 1 amide bonds. The van der Waals surface area contributed by atoms with E-state index in [9.17, 15) is 13.2 Å². The second-order valence-corrected chi connectivity index (χ2v) is 6.01. The van der Waals surface area contributed by atoms with Crippen molar-refractivity contribution >= 4 is 21.6 Å². The number of amides is 1. The van der Waals surface area contributed by atoms with E-state index in [1.54, 1.807) is 12.1 Å². The quantitative estimate of drug-likeness (QED) is 0.726. The Morgan fingerprint density at radius 1 is 1.17 bits per heavy atom. The lowest BCUT2D eigenvalue weighted by Gasteiger charge is -2.19. The van der Waals surface area contributed by atoms with Crippen LogP contribution in [-0.2, 0) is 14.8 Å². The van der Waals surface area contributed by atoms with Gasteiger partial charge in [0, 0.05) is 31.7 Å². The van der Waals surface area contributed by atoms with Crippen molar-refractivity contribution in [3.63, 3.8) is 0 Å². The van der Waals surface area contributed by atoms with E-state index in [0.717, 1.165) is 0 Å². The third kappa shape index (κ3) is 2.62. The molecule has 6 nitrogen and oxygen atoms in total. The molecule has 0 bridgehead atoms. The Labute approximate surface area is 106 Å². The first-order valence-electron chi connectivity index (χ1n) is 5.62. The molecular weight excluding hydrogens is 254 g/mol. The molecule has 2 rings (SSSR count). The Morgan fingerprint density at radius 3 is 2.50 bits per heavy atom. The van der Waals surface area contributed by atoms with Gasteiger partial charge in [-0.05, 0) is 24.3 Å². The van der Waals surface area contributed by atoms with Crippen LogP contribution in [0.2, 0.25) is 0 Å². The third-order valence-corrected chi connectivity index (χ3v) is 4.70. The van der Waals surface area contributed by atoms with Crippen LogP contribution in [0.15, 0.2) is 29.2 Å². The Kier molecular flexibility index (Phi) is 3.53. The number of anilines is 1. The van der Waals surface area contributed by atoms with Crippen molar-refractivity contribution < 1.29 is 13.2 Å². The van der Waals surface area contributed by atoms with Crippen molar-refractivity contribution in [2.75, 3.05) is 25.4 Å². The van der Waals surface area contributed by atoms with Gasteiger partial charge in [-0.15, -0.1) is 0 Å². The van der Waals surface area contributed by atoms with Crippen LogP contribution >= 0.6 is 0 Å². The Hall–Kier alpha value is -1.60. The molecule has 18 heavy (non-hydrogen) atoms. The van der Waals surface area contributed by atoms with Gasteiger partial charge in [0.15, 0.2) is 0 Å². The molecular formula is C11H15N3O3S. The molecule has 1 saturated heterocycles. The predicted octanol–water partition coefficient (Wildman–Crippen LogP) is -0.221. The number of nitrogen functional groups attached to an aromatic ring is 1. The standard InChI is InChI=1S/C11H15N3O3S/c12-9-1-3-10(4-2-9)18(16,17)14-7-5-11(15)13-6-8-14/h1-4H,5-8,12H2,(H,13,15). The minimum atomic E-state index is -3.54. The molecule has 0 aliphatic carbocycles. The van der Waals surface area contributed by atoms with Gasteiger partial charge >= 0.3 is 0 Å². The normalized spacial score (nSPS) is 18.1. The molecule has 0 unspecified atom stereocenters. The van der Waals surface area contributed by atoms with Crippen molar-refractivity contribution in [1.29, 1.82) is 0 Å². The van der Waals surface area contributed by atoms with Crippen molar-refractivity contribution in [2.24, 2.45) is 0 Å². The fourth-order valence-corrected chi connectivity index (χ4v) is 3.22. The molecule has 7 heteroatoms. The van der Waals surface area contributed by atoms with Crippen molar-refractivity contribution in [3.8, 4) is 0 Å². The highest BCUT2D eigenvalue weighted by Crippen LogP contribution is 2.17. The zero-order chi connectivity index (χ0) is 13.2. The van der Waals surface area contributed by atoms with Gasteiger partial charge in [-0.25, -0.2) is 8.42 Å². The SMILES string of the molecule is Nc1ccc(S(=O)(=O)N2CCNC(=O)CC2)cc1. The molecule has 0 atom stereocenters. The number of hydrogen-bond donors (Lipinski definition) is 2. The molecule has 1 aromatic rings. The summed E-state index contributed by atoms with van der Waals surface area (Å²) in [6.07, 6.45) is 0.189. The van der Waals surface area contributed by atoms with E-state index >= 15 is 0 Å². The van der Waals surface area contributed by atoms with Crippen molar-refractivity contribution in [2.45, 2.75) is 11.3 Å². The second-order valence-electron chi connectivity index (χ2n) is 4.07. The largest absolute Gasteiger partial charge is 0.399 e.